The number of aromatic nitrogens is 3. The number of rotatable bonds is 3. The first-order valence-electron chi connectivity index (χ1n) is 9.09. The molecule has 0 amide bonds. The number of methoxy groups -OCH3 is 1. The van der Waals surface area contributed by atoms with Gasteiger partial charge in [0.05, 0.1) is 23.7 Å². The molecule has 142 valence electrons. The minimum absolute atomic E-state index is 0.0872. The SMILES string of the molecule is COc1ccc(-n2cc(-c3ccc(Br)cc3)n3c(=O)c4ccccc4nc23)cc1. The van der Waals surface area contributed by atoms with Crippen LogP contribution in [-0.4, -0.2) is 21.1 Å². The lowest BCUT2D eigenvalue weighted by Gasteiger charge is -2.06. The number of benzene rings is 3. The van der Waals surface area contributed by atoms with E-state index in [1.807, 2.05) is 83.6 Å². The lowest BCUT2D eigenvalue weighted by Crippen LogP contribution is -2.16. The van der Waals surface area contributed by atoms with Gasteiger partial charge in [-0.2, -0.15) is 0 Å². The molecule has 0 unspecified atom stereocenters. The third-order valence-electron chi connectivity index (χ3n) is 4.96. The fraction of sp³-hybridized carbons (Fsp3) is 0.0435. The van der Waals surface area contributed by atoms with Crippen LogP contribution in [0.3, 0.4) is 0 Å². The van der Waals surface area contributed by atoms with Gasteiger partial charge in [-0.3, -0.25) is 9.36 Å². The van der Waals surface area contributed by atoms with Gasteiger partial charge in [-0.15, -0.1) is 0 Å². The number of nitrogens with zero attached hydrogens (tertiary/aromatic N) is 3. The molecule has 2 aromatic heterocycles. The third kappa shape index (κ3) is 2.93. The fourth-order valence-corrected chi connectivity index (χ4v) is 3.76. The third-order valence-corrected chi connectivity index (χ3v) is 5.49. The quantitative estimate of drug-likeness (QED) is 0.389. The van der Waals surface area contributed by atoms with Gasteiger partial charge in [0, 0.05) is 21.9 Å². The average Bonchev–Trinajstić information content (AvgIpc) is 3.14. The predicted molar refractivity (Wildman–Crippen MR) is 118 cm³/mol. The number of fused-ring (bicyclic) bond motifs is 2. The number of halogens is 1. The van der Waals surface area contributed by atoms with Crippen LogP contribution in [0.2, 0.25) is 0 Å². The van der Waals surface area contributed by atoms with Crippen molar-refractivity contribution in [2.75, 3.05) is 7.11 Å². The van der Waals surface area contributed by atoms with Crippen molar-refractivity contribution in [3.8, 4) is 22.7 Å². The summed E-state index contributed by atoms with van der Waals surface area (Å²) < 4.78 is 9.86. The van der Waals surface area contributed by atoms with E-state index in [4.69, 9.17) is 9.72 Å². The van der Waals surface area contributed by atoms with Crippen molar-refractivity contribution >= 4 is 32.6 Å². The molecule has 0 aliphatic carbocycles. The molecule has 0 aliphatic heterocycles. The van der Waals surface area contributed by atoms with Crippen LogP contribution < -0.4 is 10.3 Å². The van der Waals surface area contributed by atoms with Crippen molar-refractivity contribution in [3.63, 3.8) is 0 Å². The van der Waals surface area contributed by atoms with E-state index >= 15 is 0 Å². The Bertz CT molecular complexity index is 1400. The highest BCUT2D eigenvalue weighted by Crippen LogP contribution is 2.27. The number of para-hydroxylation sites is 1. The molecular weight excluding hydrogens is 430 g/mol. The van der Waals surface area contributed by atoms with E-state index in [0.29, 0.717) is 16.7 Å². The Morgan fingerprint density at radius 1 is 0.931 bits per heavy atom. The second-order valence-corrected chi connectivity index (χ2v) is 7.57. The Morgan fingerprint density at radius 3 is 2.38 bits per heavy atom. The molecule has 0 aliphatic rings. The zero-order chi connectivity index (χ0) is 20.0. The van der Waals surface area contributed by atoms with E-state index in [1.165, 1.54) is 0 Å². The summed E-state index contributed by atoms with van der Waals surface area (Å²) in [6.45, 7) is 0. The van der Waals surface area contributed by atoms with E-state index in [1.54, 1.807) is 11.5 Å². The van der Waals surface area contributed by atoms with Crippen LogP contribution in [0.15, 0.2) is 88.3 Å². The molecule has 0 fully saturated rings. The second-order valence-electron chi connectivity index (χ2n) is 6.66. The van der Waals surface area contributed by atoms with Gasteiger partial charge < -0.3 is 4.74 Å². The number of ether oxygens (including phenoxy) is 1. The van der Waals surface area contributed by atoms with Gasteiger partial charge >= 0.3 is 0 Å². The van der Waals surface area contributed by atoms with E-state index in [0.717, 1.165) is 27.2 Å². The molecule has 5 aromatic rings. The second kappa shape index (κ2) is 6.90. The van der Waals surface area contributed by atoms with Crippen molar-refractivity contribution in [1.82, 2.24) is 14.0 Å². The molecule has 0 saturated heterocycles. The van der Waals surface area contributed by atoms with E-state index < -0.39 is 0 Å². The Balaban J connectivity index is 1.87. The molecular formula is C23H16BrN3O2. The standard InChI is InChI=1S/C23H16BrN3O2/c1-29-18-12-10-17(11-13-18)26-14-21(15-6-8-16(24)9-7-15)27-22(28)19-4-2-3-5-20(19)25-23(26)27/h2-14H,1H3. The van der Waals surface area contributed by atoms with Crippen molar-refractivity contribution in [3.05, 3.63) is 93.8 Å². The lowest BCUT2D eigenvalue weighted by molar-refractivity contribution is 0.415. The molecule has 0 saturated carbocycles. The monoisotopic (exact) mass is 445 g/mol. The Hall–Kier alpha value is -3.38. The molecule has 29 heavy (non-hydrogen) atoms. The van der Waals surface area contributed by atoms with Gasteiger partial charge in [-0.1, -0.05) is 40.2 Å². The first-order chi connectivity index (χ1) is 14.2. The summed E-state index contributed by atoms with van der Waals surface area (Å²) in [5.41, 5.74) is 3.20. The molecule has 0 N–H and O–H groups in total. The Kier molecular flexibility index (Phi) is 4.21. The van der Waals surface area contributed by atoms with Crippen LogP contribution in [0.25, 0.3) is 33.6 Å². The molecule has 0 atom stereocenters. The number of hydrogen-bond donors (Lipinski definition) is 0. The molecule has 0 spiro atoms. The van der Waals surface area contributed by atoms with Crippen LogP contribution in [0.4, 0.5) is 0 Å². The molecule has 6 heteroatoms. The van der Waals surface area contributed by atoms with E-state index in [9.17, 15) is 4.79 Å². The molecule has 2 heterocycles. The minimum atomic E-state index is -0.0872. The van der Waals surface area contributed by atoms with Crippen LogP contribution in [-0.2, 0) is 0 Å². The zero-order valence-electron chi connectivity index (χ0n) is 15.5. The number of imidazole rings is 1. The van der Waals surface area contributed by atoms with Crippen molar-refractivity contribution in [2.24, 2.45) is 0 Å². The number of hydrogen-bond acceptors (Lipinski definition) is 3. The van der Waals surface area contributed by atoms with Gasteiger partial charge in [-0.25, -0.2) is 9.38 Å². The van der Waals surface area contributed by atoms with Crippen molar-refractivity contribution < 1.29 is 4.74 Å². The maximum atomic E-state index is 13.4. The smallest absolute Gasteiger partial charge is 0.267 e. The highest BCUT2D eigenvalue weighted by Gasteiger charge is 2.16. The highest BCUT2D eigenvalue weighted by atomic mass is 79.9. The summed E-state index contributed by atoms with van der Waals surface area (Å²) in [4.78, 5) is 18.2. The maximum absolute atomic E-state index is 13.4. The van der Waals surface area contributed by atoms with Crippen LogP contribution in [0.1, 0.15) is 0 Å². The summed E-state index contributed by atoms with van der Waals surface area (Å²) >= 11 is 3.47. The zero-order valence-corrected chi connectivity index (χ0v) is 17.1. The highest BCUT2D eigenvalue weighted by molar-refractivity contribution is 9.10. The molecule has 0 bridgehead atoms. The molecule has 3 aromatic carbocycles. The summed E-state index contributed by atoms with van der Waals surface area (Å²) in [6.07, 6.45) is 1.95. The Morgan fingerprint density at radius 2 is 1.66 bits per heavy atom. The van der Waals surface area contributed by atoms with Crippen LogP contribution >= 0.6 is 15.9 Å². The average molecular weight is 446 g/mol. The summed E-state index contributed by atoms with van der Waals surface area (Å²) in [5.74, 6) is 1.34. The van der Waals surface area contributed by atoms with Crippen molar-refractivity contribution in [1.29, 1.82) is 0 Å². The largest absolute Gasteiger partial charge is 0.497 e. The minimum Gasteiger partial charge on any atom is -0.497 e. The normalized spacial score (nSPS) is 11.2. The summed E-state index contributed by atoms with van der Waals surface area (Å²) in [6, 6.07) is 23.0. The van der Waals surface area contributed by atoms with Gasteiger partial charge in [0.15, 0.2) is 0 Å². The van der Waals surface area contributed by atoms with Crippen LogP contribution in [0, 0.1) is 0 Å². The molecule has 5 rings (SSSR count). The predicted octanol–water partition coefficient (Wildman–Crippen LogP) is 5.08. The maximum Gasteiger partial charge on any atom is 0.267 e. The van der Waals surface area contributed by atoms with Gasteiger partial charge in [0.2, 0.25) is 5.78 Å². The first kappa shape index (κ1) is 17.7. The topological polar surface area (TPSA) is 48.5 Å². The van der Waals surface area contributed by atoms with Gasteiger partial charge in [0.1, 0.15) is 5.75 Å². The molecule has 0 radical (unpaired) electrons. The van der Waals surface area contributed by atoms with Gasteiger partial charge in [-0.05, 0) is 48.5 Å². The summed E-state index contributed by atoms with van der Waals surface area (Å²) in [7, 11) is 1.64. The molecule has 5 nitrogen and oxygen atoms in total. The van der Waals surface area contributed by atoms with Crippen molar-refractivity contribution in [2.45, 2.75) is 0 Å². The van der Waals surface area contributed by atoms with E-state index in [2.05, 4.69) is 15.9 Å². The van der Waals surface area contributed by atoms with Crippen LogP contribution in [0.5, 0.6) is 5.75 Å². The van der Waals surface area contributed by atoms with E-state index in [-0.39, 0.29) is 5.56 Å². The summed E-state index contributed by atoms with van der Waals surface area (Å²) in [5, 5.41) is 0.593. The Labute approximate surface area is 175 Å². The lowest BCUT2D eigenvalue weighted by atomic mass is 10.1. The van der Waals surface area contributed by atoms with Gasteiger partial charge in [0.25, 0.3) is 5.56 Å². The fourth-order valence-electron chi connectivity index (χ4n) is 3.49. The first-order valence-corrected chi connectivity index (χ1v) is 9.88.